The SMILES string of the molecule is CCCN(CCC)CCCCCCOc1ccc(C(=O)c2ccccc2)cc1. The van der Waals surface area contributed by atoms with Crippen LogP contribution in [0.1, 0.15) is 68.3 Å². The Morgan fingerprint density at radius 3 is 2.00 bits per heavy atom. The van der Waals surface area contributed by atoms with Gasteiger partial charge < -0.3 is 9.64 Å². The highest BCUT2D eigenvalue weighted by Crippen LogP contribution is 2.16. The minimum Gasteiger partial charge on any atom is -0.494 e. The highest BCUT2D eigenvalue weighted by atomic mass is 16.5. The lowest BCUT2D eigenvalue weighted by atomic mass is 10.0. The van der Waals surface area contributed by atoms with E-state index in [-0.39, 0.29) is 5.78 Å². The van der Waals surface area contributed by atoms with Crippen LogP contribution < -0.4 is 4.74 Å². The van der Waals surface area contributed by atoms with Crippen molar-refractivity contribution in [3.05, 3.63) is 65.7 Å². The summed E-state index contributed by atoms with van der Waals surface area (Å²) >= 11 is 0. The molecule has 0 saturated heterocycles. The second-order valence-electron chi connectivity index (χ2n) is 7.32. The normalized spacial score (nSPS) is 11.0. The van der Waals surface area contributed by atoms with E-state index in [0.717, 1.165) is 18.8 Å². The van der Waals surface area contributed by atoms with Crippen LogP contribution in [-0.4, -0.2) is 36.9 Å². The Morgan fingerprint density at radius 1 is 0.750 bits per heavy atom. The van der Waals surface area contributed by atoms with Gasteiger partial charge in [0, 0.05) is 11.1 Å². The van der Waals surface area contributed by atoms with Gasteiger partial charge in [-0.3, -0.25) is 4.79 Å². The van der Waals surface area contributed by atoms with Gasteiger partial charge in [0.25, 0.3) is 0 Å². The molecule has 2 rings (SSSR count). The second-order valence-corrected chi connectivity index (χ2v) is 7.32. The molecule has 0 spiro atoms. The second kappa shape index (κ2) is 13.1. The third-order valence-electron chi connectivity index (χ3n) is 4.87. The summed E-state index contributed by atoms with van der Waals surface area (Å²) in [6.07, 6.45) is 7.30. The van der Waals surface area contributed by atoms with Crippen molar-refractivity contribution in [3.8, 4) is 5.75 Å². The molecule has 0 saturated carbocycles. The molecule has 0 aliphatic carbocycles. The van der Waals surface area contributed by atoms with Gasteiger partial charge in [-0.25, -0.2) is 0 Å². The summed E-state index contributed by atoms with van der Waals surface area (Å²) in [5.74, 6) is 0.883. The Morgan fingerprint density at radius 2 is 1.36 bits per heavy atom. The van der Waals surface area contributed by atoms with E-state index in [1.165, 1.54) is 51.7 Å². The van der Waals surface area contributed by atoms with Crippen LogP contribution in [0.5, 0.6) is 5.75 Å². The summed E-state index contributed by atoms with van der Waals surface area (Å²) < 4.78 is 5.83. The first-order chi connectivity index (χ1) is 13.7. The van der Waals surface area contributed by atoms with Crippen LogP contribution in [0, 0.1) is 0 Å². The van der Waals surface area contributed by atoms with Gasteiger partial charge in [-0.05, 0) is 69.6 Å². The van der Waals surface area contributed by atoms with Crippen molar-refractivity contribution in [1.29, 1.82) is 0 Å². The molecular weight excluding hydrogens is 346 g/mol. The zero-order chi connectivity index (χ0) is 20.0. The largest absolute Gasteiger partial charge is 0.494 e. The maximum atomic E-state index is 12.4. The van der Waals surface area contributed by atoms with Crippen LogP contribution in [-0.2, 0) is 0 Å². The minimum absolute atomic E-state index is 0.0485. The van der Waals surface area contributed by atoms with Crippen molar-refractivity contribution in [1.82, 2.24) is 4.90 Å². The summed E-state index contributed by atoms with van der Waals surface area (Å²) in [6.45, 7) is 8.91. The van der Waals surface area contributed by atoms with E-state index in [0.29, 0.717) is 11.1 Å². The number of hydrogen-bond donors (Lipinski definition) is 0. The number of nitrogens with zero attached hydrogens (tertiary/aromatic N) is 1. The Kier molecular flexibility index (Phi) is 10.4. The Balaban J connectivity index is 1.62. The number of carbonyl (C=O) groups is 1. The number of ketones is 1. The Bertz CT molecular complexity index is 661. The highest BCUT2D eigenvalue weighted by Gasteiger charge is 2.08. The van der Waals surface area contributed by atoms with Gasteiger partial charge in [0.2, 0.25) is 0 Å². The van der Waals surface area contributed by atoms with Crippen LogP contribution in [0.25, 0.3) is 0 Å². The molecule has 3 heteroatoms. The summed E-state index contributed by atoms with van der Waals surface area (Å²) in [4.78, 5) is 15.0. The van der Waals surface area contributed by atoms with Crippen LogP contribution in [0.2, 0.25) is 0 Å². The zero-order valence-corrected chi connectivity index (χ0v) is 17.5. The van der Waals surface area contributed by atoms with Gasteiger partial charge in [0.05, 0.1) is 6.61 Å². The van der Waals surface area contributed by atoms with Crippen molar-refractivity contribution >= 4 is 5.78 Å². The Labute approximate surface area is 170 Å². The number of hydrogen-bond acceptors (Lipinski definition) is 3. The molecule has 152 valence electrons. The van der Waals surface area contributed by atoms with Gasteiger partial charge >= 0.3 is 0 Å². The summed E-state index contributed by atoms with van der Waals surface area (Å²) in [7, 11) is 0. The van der Waals surface area contributed by atoms with E-state index in [2.05, 4.69) is 18.7 Å². The molecule has 0 heterocycles. The van der Waals surface area contributed by atoms with E-state index in [9.17, 15) is 4.79 Å². The van der Waals surface area contributed by atoms with E-state index >= 15 is 0 Å². The molecule has 28 heavy (non-hydrogen) atoms. The molecule has 0 aliphatic heterocycles. The van der Waals surface area contributed by atoms with Crippen molar-refractivity contribution in [3.63, 3.8) is 0 Å². The zero-order valence-electron chi connectivity index (χ0n) is 17.5. The van der Waals surface area contributed by atoms with Gasteiger partial charge in [0.1, 0.15) is 5.75 Å². The molecule has 0 radical (unpaired) electrons. The topological polar surface area (TPSA) is 29.5 Å². The van der Waals surface area contributed by atoms with Gasteiger partial charge in [-0.1, -0.05) is 57.0 Å². The molecule has 0 bridgehead atoms. The number of benzene rings is 2. The third kappa shape index (κ3) is 7.85. The molecule has 3 nitrogen and oxygen atoms in total. The molecular formula is C25H35NO2. The summed E-state index contributed by atoms with van der Waals surface area (Å²) in [6, 6.07) is 16.9. The van der Waals surface area contributed by atoms with Crippen LogP contribution in [0.4, 0.5) is 0 Å². The molecule has 0 fully saturated rings. The van der Waals surface area contributed by atoms with Crippen LogP contribution in [0.3, 0.4) is 0 Å². The molecule has 0 amide bonds. The lowest BCUT2D eigenvalue weighted by Crippen LogP contribution is -2.26. The van der Waals surface area contributed by atoms with Crippen LogP contribution >= 0.6 is 0 Å². The first-order valence-corrected chi connectivity index (χ1v) is 10.8. The van der Waals surface area contributed by atoms with Gasteiger partial charge in [-0.15, -0.1) is 0 Å². The molecule has 2 aromatic carbocycles. The lowest BCUT2D eigenvalue weighted by Gasteiger charge is -2.20. The summed E-state index contributed by atoms with van der Waals surface area (Å²) in [5.41, 5.74) is 1.41. The molecule has 0 aromatic heterocycles. The monoisotopic (exact) mass is 381 g/mol. The predicted molar refractivity (Wildman–Crippen MR) is 117 cm³/mol. The first-order valence-electron chi connectivity index (χ1n) is 10.8. The van der Waals surface area contributed by atoms with Crippen molar-refractivity contribution < 1.29 is 9.53 Å². The molecule has 0 N–H and O–H groups in total. The first kappa shape index (κ1) is 22.2. The average molecular weight is 382 g/mol. The van der Waals surface area contributed by atoms with Crippen LogP contribution in [0.15, 0.2) is 54.6 Å². The fourth-order valence-corrected chi connectivity index (χ4v) is 3.41. The number of carbonyl (C=O) groups excluding carboxylic acids is 1. The number of rotatable bonds is 14. The van der Waals surface area contributed by atoms with Gasteiger partial charge in [0.15, 0.2) is 5.78 Å². The molecule has 2 aromatic rings. The van der Waals surface area contributed by atoms with Gasteiger partial charge in [-0.2, -0.15) is 0 Å². The summed E-state index contributed by atoms with van der Waals surface area (Å²) in [5, 5.41) is 0. The fraction of sp³-hybridized carbons (Fsp3) is 0.480. The smallest absolute Gasteiger partial charge is 0.193 e. The minimum atomic E-state index is 0.0485. The van der Waals surface area contributed by atoms with E-state index in [4.69, 9.17) is 4.74 Å². The standard InChI is InChI=1S/C25H35NO2/c1-3-18-26(19-4-2)20-10-5-6-11-21-28-24-16-14-23(15-17-24)25(27)22-12-8-7-9-13-22/h7-9,12-17H,3-6,10-11,18-21H2,1-2H3. The van der Waals surface area contributed by atoms with Crippen molar-refractivity contribution in [2.75, 3.05) is 26.2 Å². The highest BCUT2D eigenvalue weighted by molar-refractivity contribution is 6.08. The third-order valence-corrected chi connectivity index (χ3v) is 4.87. The lowest BCUT2D eigenvalue weighted by molar-refractivity contribution is 0.103. The molecule has 0 atom stereocenters. The average Bonchev–Trinajstić information content (AvgIpc) is 2.74. The molecule has 0 aliphatic rings. The van der Waals surface area contributed by atoms with E-state index in [1.807, 2.05) is 54.6 Å². The number of unbranched alkanes of at least 4 members (excludes halogenated alkanes) is 3. The maximum Gasteiger partial charge on any atom is 0.193 e. The fourth-order valence-electron chi connectivity index (χ4n) is 3.41. The predicted octanol–water partition coefficient (Wildman–Crippen LogP) is 5.98. The van der Waals surface area contributed by atoms with E-state index < -0.39 is 0 Å². The van der Waals surface area contributed by atoms with Crippen molar-refractivity contribution in [2.45, 2.75) is 52.4 Å². The van der Waals surface area contributed by atoms with E-state index in [1.54, 1.807) is 0 Å². The maximum absolute atomic E-state index is 12.4. The van der Waals surface area contributed by atoms with Crippen molar-refractivity contribution in [2.24, 2.45) is 0 Å². The number of ether oxygens (including phenoxy) is 1. The quantitative estimate of drug-likeness (QED) is 0.298. The Hall–Kier alpha value is -2.13. The molecule has 0 unspecified atom stereocenters.